The Morgan fingerprint density at radius 3 is 2.54 bits per heavy atom. The molecule has 2 N–H and O–H groups in total. The van der Waals surface area contributed by atoms with E-state index in [-0.39, 0.29) is 0 Å². The number of aromatic nitrogens is 1. The van der Waals surface area contributed by atoms with Crippen molar-refractivity contribution in [1.29, 1.82) is 0 Å². The van der Waals surface area contributed by atoms with Crippen LogP contribution < -0.4 is 5.43 Å². The zero-order valence-electron chi connectivity index (χ0n) is 16.0. The molecule has 1 amide bonds. The van der Waals surface area contributed by atoms with E-state index in [0.29, 0.717) is 5.56 Å². The van der Waals surface area contributed by atoms with Crippen LogP contribution in [0.4, 0.5) is 0 Å². The smallest absolute Gasteiger partial charge is 0.273 e. The highest BCUT2D eigenvalue weighted by Crippen LogP contribution is 2.24. The minimum atomic E-state index is -1.25. The van der Waals surface area contributed by atoms with Gasteiger partial charge in [-0.25, -0.2) is 5.43 Å². The van der Waals surface area contributed by atoms with E-state index in [1.54, 1.807) is 30.5 Å². The van der Waals surface area contributed by atoms with Crippen LogP contribution in [0.15, 0.2) is 64.2 Å². The first-order chi connectivity index (χ1) is 13.4. The summed E-state index contributed by atoms with van der Waals surface area (Å²) in [5, 5.41) is 14.1. The first-order valence-electron chi connectivity index (χ1n) is 8.90. The summed E-state index contributed by atoms with van der Waals surface area (Å²) < 4.78 is 3.18. The monoisotopic (exact) mass is 439 g/mol. The summed E-state index contributed by atoms with van der Waals surface area (Å²) in [6, 6.07) is 17.0. The summed E-state index contributed by atoms with van der Waals surface area (Å²) in [6.07, 6.45) is 0.341. The molecular weight excluding hydrogens is 418 g/mol. The molecule has 0 saturated heterocycles. The number of nitrogens with zero attached hydrogens (tertiary/aromatic N) is 2. The summed E-state index contributed by atoms with van der Waals surface area (Å²) in [5.41, 5.74) is 8.12. The quantitative estimate of drug-likeness (QED) is 0.458. The molecule has 1 atom stereocenters. The van der Waals surface area contributed by atoms with E-state index in [1.165, 1.54) is 5.56 Å². The third-order valence-corrected chi connectivity index (χ3v) is 5.48. The number of aryl methyl sites for hydroxylation is 2. The van der Waals surface area contributed by atoms with E-state index in [4.69, 9.17) is 0 Å². The SMILES string of the molecule is Cc1ccc(-n2c(C)cc(/C=N/NC(=O)C(O)c3ccccc3)c2C)cc1Br. The van der Waals surface area contributed by atoms with Gasteiger partial charge in [0.1, 0.15) is 0 Å². The predicted octanol–water partition coefficient (Wildman–Crippen LogP) is 4.35. The average molecular weight is 440 g/mol. The van der Waals surface area contributed by atoms with Crippen LogP contribution in [-0.4, -0.2) is 21.8 Å². The van der Waals surface area contributed by atoms with Gasteiger partial charge in [0.15, 0.2) is 6.10 Å². The zero-order chi connectivity index (χ0) is 20.3. The predicted molar refractivity (Wildman–Crippen MR) is 115 cm³/mol. The molecule has 3 rings (SSSR count). The van der Waals surface area contributed by atoms with E-state index in [0.717, 1.165) is 27.1 Å². The molecule has 1 aromatic heterocycles. The highest BCUT2D eigenvalue weighted by molar-refractivity contribution is 9.10. The van der Waals surface area contributed by atoms with Gasteiger partial charge in [-0.1, -0.05) is 52.3 Å². The van der Waals surface area contributed by atoms with Crippen LogP contribution in [0, 0.1) is 20.8 Å². The van der Waals surface area contributed by atoms with Crippen LogP contribution in [0.2, 0.25) is 0 Å². The second-order valence-corrected chi connectivity index (χ2v) is 7.50. The van der Waals surface area contributed by atoms with Crippen LogP contribution in [0.25, 0.3) is 5.69 Å². The van der Waals surface area contributed by atoms with E-state index in [1.807, 2.05) is 32.9 Å². The fourth-order valence-corrected chi connectivity index (χ4v) is 3.42. The lowest BCUT2D eigenvalue weighted by atomic mass is 10.1. The second-order valence-electron chi connectivity index (χ2n) is 6.64. The summed E-state index contributed by atoms with van der Waals surface area (Å²) in [4.78, 5) is 12.1. The summed E-state index contributed by atoms with van der Waals surface area (Å²) >= 11 is 3.58. The number of carbonyl (C=O) groups is 1. The molecule has 3 aromatic rings. The van der Waals surface area contributed by atoms with E-state index >= 15 is 0 Å². The van der Waals surface area contributed by atoms with E-state index < -0.39 is 12.0 Å². The minimum absolute atomic E-state index is 0.526. The van der Waals surface area contributed by atoms with Crippen molar-refractivity contribution in [2.24, 2.45) is 5.10 Å². The lowest BCUT2D eigenvalue weighted by Gasteiger charge is -2.11. The molecule has 1 heterocycles. The van der Waals surface area contributed by atoms with Gasteiger partial charge in [-0.05, 0) is 50.1 Å². The molecule has 6 heteroatoms. The number of rotatable bonds is 5. The Balaban J connectivity index is 1.76. The molecule has 0 fully saturated rings. The van der Waals surface area contributed by atoms with Crippen LogP contribution in [0.3, 0.4) is 0 Å². The second kappa shape index (κ2) is 8.54. The third kappa shape index (κ3) is 4.24. The number of benzene rings is 2. The van der Waals surface area contributed by atoms with E-state index in [9.17, 15) is 9.90 Å². The van der Waals surface area contributed by atoms with Gasteiger partial charge in [-0.3, -0.25) is 4.79 Å². The summed E-state index contributed by atoms with van der Waals surface area (Å²) in [7, 11) is 0. The fraction of sp³-hybridized carbons (Fsp3) is 0.182. The van der Waals surface area contributed by atoms with Crippen molar-refractivity contribution >= 4 is 28.1 Å². The molecule has 0 bridgehead atoms. The van der Waals surface area contributed by atoms with E-state index in [2.05, 4.69) is 49.2 Å². The highest BCUT2D eigenvalue weighted by Gasteiger charge is 2.16. The Hall–Kier alpha value is -2.70. The van der Waals surface area contributed by atoms with Gasteiger partial charge in [-0.2, -0.15) is 5.10 Å². The maximum Gasteiger partial charge on any atom is 0.273 e. The molecule has 0 aliphatic rings. The Kier molecular flexibility index (Phi) is 6.11. The summed E-state index contributed by atoms with van der Waals surface area (Å²) in [5.74, 6) is -0.571. The number of carbonyl (C=O) groups excluding carboxylic acids is 1. The molecule has 28 heavy (non-hydrogen) atoms. The number of aliphatic hydroxyl groups excluding tert-OH is 1. The number of hydrazone groups is 1. The van der Waals surface area contributed by atoms with Crippen LogP contribution in [0.5, 0.6) is 0 Å². The minimum Gasteiger partial charge on any atom is -0.378 e. The Labute approximate surface area is 172 Å². The van der Waals surface area contributed by atoms with Crippen LogP contribution in [-0.2, 0) is 4.79 Å². The number of hydrogen-bond acceptors (Lipinski definition) is 3. The van der Waals surface area contributed by atoms with Gasteiger partial charge in [0, 0.05) is 27.1 Å². The molecule has 0 aliphatic carbocycles. The van der Waals surface area contributed by atoms with Crippen LogP contribution in [0.1, 0.15) is 34.2 Å². The Bertz CT molecular complexity index is 1030. The highest BCUT2D eigenvalue weighted by atomic mass is 79.9. The molecule has 1 unspecified atom stereocenters. The normalized spacial score (nSPS) is 12.3. The number of amides is 1. The first-order valence-corrected chi connectivity index (χ1v) is 9.69. The van der Waals surface area contributed by atoms with Crippen molar-refractivity contribution in [3.63, 3.8) is 0 Å². The maximum absolute atomic E-state index is 12.1. The van der Waals surface area contributed by atoms with Crippen molar-refractivity contribution in [2.75, 3.05) is 0 Å². The fourth-order valence-electron chi connectivity index (χ4n) is 3.05. The van der Waals surface area contributed by atoms with Gasteiger partial charge in [0.25, 0.3) is 5.91 Å². The topological polar surface area (TPSA) is 66.6 Å². The standard InChI is InChI=1S/C22H22BrN3O2/c1-14-9-10-19(12-20(14)23)26-15(2)11-18(16(26)3)13-24-25-22(28)21(27)17-7-5-4-6-8-17/h4-13,21,27H,1-3H3,(H,25,28)/b24-13+. The number of aliphatic hydroxyl groups is 1. The summed E-state index contributed by atoms with van der Waals surface area (Å²) in [6.45, 7) is 6.08. The molecule has 2 aromatic carbocycles. The third-order valence-electron chi connectivity index (χ3n) is 4.63. The van der Waals surface area contributed by atoms with Crippen molar-refractivity contribution in [1.82, 2.24) is 9.99 Å². The van der Waals surface area contributed by atoms with Gasteiger partial charge in [-0.15, -0.1) is 0 Å². The zero-order valence-corrected chi connectivity index (χ0v) is 17.6. The number of halogens is 1. The Morgan fingerprint density at radius 1 is 1.14 bits per heavy atom. The molecule has 144 valence electrons. The van der Waals surface area contributed by atoms with Gasteiger partial charge in [0.2, 0.25) is 0 Å². The van der Waals surface area contributed by atoms with Gasteiger partial charge in [0.05, 0.1) is 6.21 Å². The average Bonchev–Trinajstić information content (AvgIpc) is 2.97. The van der Waals surface area contributed by atoms with Crippen molar-refractivity contribution in [3.05, 3.63) is 87.1 Å². The first kappa shape index (κ1) is 20.0. The lowest BCUT2D eigenvalue weighted by Crippen LogP contribution is -2.25. The maximum atomic E-state index is 12.1. The van der Waals surface area contributed by atoms with Crippen molar-refractivity contribution in [2.45, 2.75) is 26.9 Å². The number of hydrogen-bond donors (Lipinski definition) is 2. The number of nitrogens with one attached hydrogen (secondary N) is 1. The largest absolute Gasteiger partial charge is 0.378 e. The molecule has 0 spiro atoms. The molecular formula is C22H22BrN3O2. The molecule has 0 saturated carbocycles. The van der Waals surface area contributed by atoms with Gasteiger partial charge < -0.3 is 9.67 Å². The van der Waals surface area contributed by atoms with Crippen molar-refractivity contribution < 1.29 is 9.90 Å². The molecule has 0 radical (unpaired) electrons. The van der Waals surface area contributed by atoms with Crippen molar-refractivity contribution in [3.8, 4) is 5.69 Å². The molecule has 0 aliphatic heterocycles. The lowest BCUT2D eigenvalue weighted by molar-refractivity contribution is -0.129. The van der Waals surface area contributed by atoms with Crippen LogP contribution >= 0.6 is 15.9 Å². The van der Waals surface area contributed by atoms with Gasteiger partial charge >= 0.3 is 0 Å². The Morgan fingerprint density at radius 2 is 1.86 bits per heavy atom. The molecule has 5 nitrogen and oxygen atoms in total.